The Kier molecular flexibility index (Phi) is 4.33. The number of hydrogen-bond donors (Lipinski definition) is 1. The molecular weight excluding hydrogens is 292 g/mol. The third-order valence-electron chi connectivity index (χ3n) is 3.97. The van der Waals surface area contributed by atoms with Crippen LogP contribution in [0.5, 0.6) is 5.75 Å². The highest BCUT2D eigenvalue weighted by Crippen LogP contribution is 2.49. The summed E-state index contributed by atoms with van der Waals surface area (Å²) < 4.78 is 6.62. The second-order valence-corrected chi connectivity index (χ2v) is 6.29. The topological polar surface area (TPSA) is 29.5 Å². The quantitative estimate of drug-likeness (QED) is 0.889. The van der Waals surface area contributed by atoms with Gasteiger partial charge in [-0.3, -0.25) is 0 Å². The second-order valence-electron chi connectivity index (χ2n) is 5.38. The van der Waals surface area contributed by atoms with Gasteiger partial charge in [0.1, 0.15) is 5.75 Å². The highest BCUT2D eigenvalue weighted by Gasteiger charge is 2.38. The summed E-state index contributed by atoms with van der Waals surface area (Å²) >= 11 is 3.48. The smallest absolute Gasteiger partial charge is 0.125 e. The Labute approximate surface area is 117 Å². The number of rotatable bonds is 4. The summed E-state index contributed by atoms with van der Waals surface area (Å²) in [5.74, 6) is 0.807. The van der Waals surface area contributed by atoms with Crippen molar-refractivity contribution in [1.82, 2.24) is 0 Å². The number of ether oxygens (including phenoxy) is 1. The van der Waals surface area contributed by atoms with Gasteiger partial charge in [0, 0.05) is 10.0 Å². The van der Waals surface area contributed by atoms with Crippen LogP contribution in [0.4, 0.5) is 0 Å². The van der Waals surface area contributed by atoms with E-state index in [1.807, 2.05) is 25.1 Å². The van der Waals surface area contributed by atoms with Gasteiger partial charge >= 0.3 is 0 Å². The van der Waals surface area contributed by atoms with Gasteiger partial charge in [-0.25, -0.2) is 0 Å². The van der Waals surface area contributed by atoms with Crippen LogP contribution < -0.4 is 4.74 Å². The van der Waals surface area contributed by atoms with E-state index in [-0.39, 0.29) is 5.41 Å². The monoisotopic (exact) mass is 312 g/mol. The maximum Gasteiger partial charge on any atom is 0.125 e. The lowest BCUT2D eigenvalue weighted by molar-refractivity contribution is 0.0384. The average Bonchev–Trinajstić information content (AvgIpc) is 2.79. The number of hydrogen-bond acceptors (Lipinski definition) is 2. The lowest BCUT2D eigenvalue weighted by atomic mass is 9.79. The minimum atomic E-state index is -0.445. The average molecular weight is 313 g/mol. The van der Waals surface area contributed by atoms with Crippen LogP contribution in [-0.2, 0) is 0 Å². The molecule has 3 heteroatoms. The van der Waals surface area contributed by atoms with E-state index in [0.29, 0.717) is 6.61 Å². The molecule has 0 saturated heterocycles. The molecule has 0 spiro atoms. The van der Waals surface area contributed by atoms with Crippen molar-refractivity contribution in [2.75, 3.05) is 6.61 Å². The summed E-state index contributed by atoms with van der Waals surface area (Å²) in [6.45, 7) is 4.77. The first-order valence-electron chi connectivity index (χ1n) is 6.67. The first-order valence-corrected chi connectivity index (χ1v) is 7.46. The van der Waals surface area contributed by atoms with Gasteiger partial charge in [0.2, 0.25) is 0 Å². The van der Waals surface area contributed by atoms with Crippen LogP contribution in [0.1, 0.15) is 51.2 Å². The van der Waals surface area contributed by atoms with E-state index in [1.54, 1.807) is 0 Å². The zero-order chi connectivity index (χ0) is 13.2. The zero-order valence-corrected chi connectivity index (χ0v) is 12.7. The lowest BCUT2D eigenvalue weighted by Crippen LogP contribution is -2.22. The summed E-state index contributed by atoms with van der Waals surface area (Å²) in [5, 5.41) is 10.7. The van der Waals surface area contributed by atoms with E-state index in [2.05, 4.69) is 22.9 Å². The largest absolute Gasteiger partial charge is 0.493 e. The fraction of sp³-hybridized carbons (Fsp3) is 0.600. The van der Waals surface area contributed by atoms with E-state index >= 15 is 0 Å². The van der Waals surface area contributed by atoms with Crippen molar-refractivity contribution in [3.05, 3.63) is 28.2 Å². The fourth-order valence-electron chi connectivity index (χ4n) is 2.85. The predicted molar refractivity (Wildman–Crippen MR) is 76.8 cm³/mol. The van der Waals surface area contributed by atoms with Crippen molar-refractivity contribution in [3.8, 4) is 5.75 Å². The van der Waals surface area contributed by atoms with Crippen molar-refractivity contribution >= 4 is 15.9 Å². The number of halogens is 1. The Balaban J connectivity index is 2.33. The molecule has 1 aromatic rings. The molecule has 0 bridgehead atoms. The molecule has 1 unspecified atom stereocenters. The predicted octanol–water partition coefficient (Wildman–Crippen LogP) is 4.46. The van der Waals surface area contributed by atoms with Crippen molar-refractivity contribution in [3.63, 3.8) is 0 Å². The van der Waals surface area contributed by atoms with Crippen molar-refractivity contribution in [2.24, 2.45) is 5.41 Å². The molecule has 2 rings (SSSR count). The molecule has 1 N–H and O–H groups in total. The third kappa shape index (κ3) is 2.72. The standard InChI is InChI=1S/C15H21BrO2/c1-3-18-13-7-6-11(16)10-12(13)14(17)15(2)8-4-5-9-15/h6-7,10,14,17H,3-5,8-9H2,1-2H3. The Morgan fingerprint density at radius 3 is 2.67 bits per heavy atom. The van der Waals surface area contributed by atoms with Gasteiger partial charge in [0.05, 0.1) is 12.7 Å². The summed E-state index contributed by atoms with van der Waals surface area (Å²) in [6.07, 6.45) is 4.16. The Bertz CT molecular complexity index is 411. The molecule has 1 aliphatic carbocycles. The van der Waals surface area contributed by atoms with E-state index in [1.165, 1.54) is 12.8 Å². The summed E-state index contributed by atoms with van der Waals surface area (Å²) in [6, 6.07) is 5.88. The van der Waals surface area contributed by atoms with Crippen molar-refractivity contribution < 1.29 is 9.84 Å². The summed E-state index contributed by atoms with van der Waals surface area (Å²) in [4.78, 5) is 0. The van der Waals surface area contributed by atoms with Gasteiger partial charge in [-0.1, -0.05) is 35.7 Å². The summed E-state index contributed by atoms with van der Waals surface area (Å²) in [7, 11) is 0. The van der Waals surface area contributed by atoms with Gasteiger partial charge in [-0.05, 0) is 43.4 Å². The minimum absolute atomic E-state index is 0.00730. The molecule has 100 valence electrons. The Hall–Kier alpha value is -0.540. The molecule has 0 aromatic heterocycles. The maximum absolute atomic E-state index is 10.7. The van der Waals surface area contributed by atoms with Gasteiger partial charge in [0.25, 0.3) is 0 Å². The van der Waals surface area contributed by atoms with Gasteiger partial charge in [0.15, 0.2) is 0 Å². The van der Waals surface area contributed by atoms with Gasteiger partial charge < -0.3 is 9.84 Å². The molecule has 0 aliphatic heterocycles. The van der Waals surface area contributed by atoms with Crippen LogP contribution >= 0.6 is 15.9 Å². The van der Waals surface area contributed by atoms with Crippen molar-refractivity contribution in [1.29, 1.82) is 0 Å². The molecule has 0 heterocycles. The first-order chi connectivity index (χ1) is 8.57. The lowest BCUT2D eigenvalue weighted by Gasteiger charge is -2.31. The number of aliphatic hydroxyl groups is 1. The van der Waals surface area contributed by atoms with Crippen LogP contribution in [0.2, 0.25) is 0 Å². The van der Waals surface area contributed by atoms with E-state index < -0.39 is 6.10 Å². The second kappa shape index (κ2) is 5.62. The first kappa shape index (κ1) is 13.9. The molecule has 1 saturated carbocycles. The van der Waals surface area contributed by atoms with Crippen LogP contribution in [0.3, 0.4) is 0 Å². The summed E-state index contributed by atoms with van der Waals surface area (Å²) in [5.41, 5.74) is 0.905. The Morgan fingerprint density at radius 2 is 2.06 bits per heavy atom. The Morgan fingerprint density at radius 1 is 1.39 bits per heavy atom. The molecule has 1 aromatic carbocycles. The zero-order valence-electron chi connectivity index (χ0n) is 11.1. The van der Waals surface area contributed by atoms with Crippen LogP contribution in [0, 0.1) is 5.41 Å². The van der Waals surface area contributed by atoms with Gasteiger partial charge in [-0.2, -0.15) is 0 Å². The number of aliphatic hydroxyl groups excluding tert-OH is 1. The van der Waals surface area contributed by atoms with Crippen LogP contribution in [0.15, 0.2) is 22.7 Å². The van der Waals surface area contributed by atoms with E-state index in [4.69, 9.17) is 4.74 Å². The van der Waals surface area contributed by atoms with Gasteiger partial charge in [-0.15, -0.1) is 0 Å². The third-order valence-corrected chi connectivity index (χ3v) is 4.47. The normalized spacial score (nSPS) is 19.8. The maximum atomic E-state index is 10.7. The van der Waals surface area contributed by atoms with E-state index in [0.717, 1.165) is 28.6 Å². The van der Waals surface area contributed by atoms with E-state index in [9.17, 15) is 5.11 Å². The highest BCUT2D eigenvalue weighted by molar-refractivity contribution is 9.10. The molecule has 1 atom stereocenters. The van der Waals surface area contributed by atoms with Crippen molar-refractivity contribution in [2.45, 2.75) is 45.6 Å². The van der Waals surface area contributed by atoms with Crippen LogP contribution in [-0.4, -0.2) is 11.7 Å². The molecule has 0 radical (unpaired) electrons. The molecule has 18 heavy (non-hydrogen) atoms. The fourth-order valence-corrected chi connectivity index (χ4v) is 3.23. The number of benzene rings is 1. The molecular formula is C15H21BrO2. The SMILES string of the molecule is CCOc1ccc(Br)cc1C(O)C1(C)CCCC1. The molecule has 0 amide bonds. The van der Waals surface area contributed by atoms with Crippen LogP contribution in [0.25, 0.3) is 0 Å². The highest BCUT2D eigenvalue weighted by atomic mass is 79.9. The minimum Gasteiger partial charge on any atom is -0.493 e. The molecule has 1 fully saturated rings. The molecule has 2 nitrogen and oxygen atoms in total. The molecule has 1 aliphatic rings.